The fourth-order valence-corrected chi connectivity index (χ4v) is 8.10. The smallest absolute Gasteiger partial charge is 0.129 e. The summed E-state index contributed by atoms with van der Waals surface area (Å²) in [7, 11) is 7.76. The molecule has 0 saturated carbocycles. The molecule has 0 spiro atoms. The van der Waals surface area contributed by atoms with Gasteiger partial charge in [-0.25, -0.2) is 8.78 Å². The second-order valence-electron chi connectivity index (χ2n) is 13.8. The highest BCUT2D eigenvalue weighted by atomic mass is 35.5. The number of hydrogen-bond donors (Lipinski definition) is 2. The highest BCUT2D eigenvalue weighted by molar-refractivity contribution is 6.32. The van der Waals surface area contributed by atoms with Gasteiger partial charge in [-0.1, -0.05) is 126 Å². The van der Waals surface area contributed by atoms with Gasteiger partial charge in [-0.2, -0.15) is 0 Å². The van der Waals surface area contributed by atoms with Gasteiger partial charge in [0.15, 0.2) is 0 Å². The zero-order valence-electron chi connectivity index (χ0n) is 30.7. The van der Waals surface area contributed by atoms with Crippen LogP contribution in [0, 0.1) is 11.6 Å². The number of aromatic amines is 2. The number of nitrogens with one attached hydrogen (secondary N) is 2. The van der Waals surface area contributed by atoms with Crippen molar-refractivity contribution in [1.29, 1.82) is 0 Å². The minimum absolute atomic E-state index is 0.300. The van der Waals surface area contributed by atoms with Crippen LogP contribution in [0.2, 0.25) is 15.1 Å². The van der Waals surface area contributed by atoms with Crippen LogP contribution in [0.3, 0.4) is 0 Å². The molecule has 2 N–H and O–H groups in total. The first kappa shape index (κ1) is 38.3. The zero-order valence-corrected chi connectivity index (χ0v) is 33.0. The van der Waals surface area contributed by atoms with Crippen molar-refractivity contribution in [3.63, 3.8) is 0 Å². The molecular formula is C46H39Cl3F2N4. The molecule has 2 unspecified atom stereocenters. The molecule has 2 atom stereocenters. The number of hydrogen-bond acceptors (Lipinski definition) is 2. The largest absolute Gasteiger partial charge is 0.354 e. The quantitative estimate of drug-likeness (QED) is 0.161. The maximum atomic E-state index is 14.9. The van der Waals surface area contributed by atoms with Gasteiger partial charge in [0.25, 0.3) is 0 Å². The number of rotatable bonds is 8. The fourth-order valence-electron chi connectivity index (χ4n) is 7.44. The lowest BCUT2D eigenvalue weighted by molar-refractivity contribution is 0.336. The molecule has 0 aliphatic carbocycles. The highest BCUT2D eigenvalue weighted by Gasteiger charge is 2.30. The molecule has 0 saturated heterocycles. The van der Waals surface area contributed by atoms with Crippen LogP contribution in [0.15, 0.2) is 140 Å². The molecule has 4 nitrogen and oxygen atoms in total. The van der Waals surface area contributed by atoms with Crippen molar-refractivity contribution in [2.24, 2.45) is 0 Å². The molecular weight excluding hydrogens is 753 g/mol. The van der Waals surface area contributed by atoms with Gasteiger partial charge in [0, 0.05) is 59.1 Å². The molecule has 2 heterocycles. The van der Waals surface area contributed by atoms with Crippen LogP contribution in [-0.2, 0) is 0 Å². The minimum Gasteiger partial charge on any atom is -0.354 e. The third kappa shape index (κ3) is 7.66. The average molecular weight is 792 g/mol. The van der Waals surface area contributed by atoms with Crippen molar-refractivity contribution < 1.29 is 8.78 Å². The first-order chi connectivity index (χ1) is 26.5. The van der Waals surface area contributed by atoms with Gasteiger partial charge in [-0.05, 0) is 87.8 Å². The van der Waals surface area contributed by atoms with Crippen LogP contribution in [0.5, 0.6) is 0 Å². The summed E-state index contributed by atoms with van der Waals surface area (Å²) in [6.07, 6.45) is 0. The number of aromatic nitrogens is 2. The second-order valence-corrected chi connectivity index (χ2v) is 15.0. The molecule has 278 valence electrons. The van der Waals surface area contributed by atoms with Crippen molar-refractivity contribution in [2.45, 2.75) is 12.1 Å². The number of nitrogens with zero attached hydrogens (tertiary/aromatic N) is 2. The molecule has 0 aliphatic heterocycles. The van der Waals surface area contributed by atoms with Gasteiger partial charge in [0.1, 0.15) is 11.6 Å². The summed E-state index contributed by atoms with van der Waals surface area (Å²) < 4.78 is 29.8. The summed E-state index contributed by atoms with van der Waals surface area (Å²) in [6.45, 7) is 0. The number of fused-ring (bicyclic) bond motifs is 2. The van der Waals surface area contributed by atoms with Gasteiger partial charge in [0.2, 0.25) is 0 Å². The monoisotopic (exact) mass is 790 g/mol. The number of H-pyrrole nitrogens is 2. The molecule has 55 heavy (non-hydrogen) atoms. The van der Waals surface area contributed by atoms with Crippen LogP contribution in [0.25, 0.3) is 44.3 Å². The summed E-state index contributed by atoms with van der Waals surface area (Å²) >= 11 is 19.0. The van der Waals surface area contributed by atoms with Gasteiger partial charge in [-0.3, -0.25) is 9.80 Å². The van der Waals surface area contributed by atoms with Crippen molar-refractivity contribution >= 4 is 56.6 Å². The predicted molar refractivity (Wildman–Crippen MR) is 226 cm³/mol. The van der Waals surface area contributed by atoms with Crippen molar-refractivity contribution in [2.75, 3.05) is 28.2 Å². The maximum Gasteiger partial charge on any atom is 0.129 e. The minimum atomic E-state index is -0.365. The molecule has 6 aromatic carbocycles. The Morgan fingerprint density at radius 3 is 1.25 bits per heavy atom. The normalized spacial score (nSPS) is 12.6. The van der Waals surface area contributed by atoms with Crippen LogP contribution >= 0.6 is 34.8 Å². The Hall–Kier alpha value is -4.95. The Kier molecular flexibility index (Phi) is 11.4. The Balaban J connectivity index is 0.000000169. The van der Waals surface area contributed by atoms with Crippen LogP contribution in [0.1, 0.15) is 34.3 Å². The Morgan fingerprint density at radius 2 is 0.836 bits per heavy atom. The summed E-state index contributed by atoms with van der Waals surface area (Å²) in [5, 5.41) is 3.60. The topological polar surface area (TPSA) is 38.1 Å². The Morgan fingerprint density at radius 1 is 0.436 bits per heavy atom. The summed E-state index contributed by atoms with van der Waals surface area (Å²) in [5.74, 6) is -0.621. The van der Waals surface area contributed by atoms with E-state index < -0.39 is 0 Å². The summed E-state index contributed by atoms with van der Waals surface area (Å²) in [6, 6.07) is 42.9. The molecule has 9 heteroatoms. The highest BCUT2D eigenvalue weighted by Crippen LogP contribution is 2.44. The van der Waals surface area contributed by atoms with E-state index in [2.05, 4.69) is 28.2 Å². The molecule has 0 aliphatic rings. The van der Waals surface area contributed by atoms with Gasteiger partial charge < -0.3 is 9.97 Å². The van der Waals surface area contributed by atoms with E-state index >= 15 is 0 Å². The standard InChI is InChI=1S/C23H19Cl2FN2.C23H20ClFN2/c1-28(2)23(21-17(25)7-5-8-18(21)26)20-16-6-3-4-9-19(16)27-22(20)14-10-12-15(24)13-11-14;1-27(2)23(21-17(24)12-8-13-18(21)25)20-16-11-6-7-14-19(16)26-22(20)15-9-4-3-5-10-15/h3-13,23,27H,1-2H3;3-14,23,26H,1-2H3. The third-order valence-electron chi connectivity index (χ3n) is 9.81. The molecule has 2 aromatic heterocycles. The first-order valence-corrected chi connectivity index (χ1v) is 18.9. The molecule has 0 bridgehead atoms. The van der Waals surface area contributed by atoms with E-state index in [-0.39, 0.29) is 23.7 Å². The fraction of sp³-hybridized carbons (Fsp3) is 0.130. The Bertz CT molecular complexity index is 2540. The van der Waals surface area contributed by atoms with Crippen molar-refractivity contribution in [3.8, 4) is 22.5 Å². The van der Waals surface area contributed by atoms with E-state index in [1.54, 1.807) is 24.3 Å². The van der Waals surface area contributed by atoms with Gasteiger partial charge in [0.05, 0.1) is 23.5 Å². The number of para-hydroxylation sites is 2. The molecule has 0 radical (unpaired) electrons. The lowest BCUT2D eigenvalue weighted by atomic mass is 9.92. The Labute approximate surface area is 334 Å². The number of halogens is 5. The lowest BCUT2D eigenvalue weighted by Crippen LogP contribution is -2.23. The lowest BCUT2D eigenvalue weighted by Gasteiger charge is -2.27. The summed E-state index contributed by atoms with van der Waals surface area (Å²) in [5.41, 5.74) is 8.92. The van der Waals surface area contributed by atoms with E-state index in [0.717, 1.165) is 55.4 Å². The van der Waals surface area contributed by atoms with Crippen LogP contribution < -0.4 is 0 Å². The molecule has 0 amide bonds. The number of benzene rings is 6. The molecule has 8 aromatic rings. The van der Waals surface area contributed by atoms with E-state index in [0.29, 0.717) is 26.2 Å². The first-order valence-electron chi connectivity index (χ1n) is 17.8. The van der Waals surface area contributed by atoms with E-state index in [1.165, 1.54) is 12.1 Å². The van der Waals surface area contributed by atoms with Crippen molar-refractivity contribution in [1.82, 2.24) is 19.8 Å². The van der Waals surface area contributed by atoms with Gasteiger partial charge in [-0.15, -0.1) is 0 Å². The molecule has 8 rings (SSSR count). The van der Waals surface area contributed by atoms with Crippen LogP contribution in [-0.4, -0.2) is 48.0 Å². The van der Waals surface area contributed by atoms with E-state index in [9.17, 15) is 8.78 Å². The third-order valence-corrected chi connectivity index (χ3v) is 10.7. The van der Waals surface area contributed by atoms with E-state index in [4.69, 9.17) is 34.8 Å². The summed E-state index contributed by atoms with van der Waals surface area (Å²) in [4.78, 5) is 11.0. The zero-order chi connectivity index (χ0) is 38.8. The average Bonchev–Trinajstić information content (AvgIpc) is 3.74. The second kappa shape index (κ2) is 16.4. The van der Waals surface area contributed by atoms with Crippen molar-refractivity contribution in [3.05, 3.63) is 188 Å². The SMILES string of the molecule is CN(C)C(c1c(F)cccc1Cl)c1c(-c2ccc(Cl)cc2)[nH]c2ccccc12.CN(C)C(c1c(F)cccc1Cl)c1c(-c2ccccc2)[nH]c2ccccc12. The molecule has 0 fully saturated rings. The van der Waals surface area contributed by atoms with E-state index in [1.807, 2.05) is 123 Å². The maximum absolute atomic E-state index is 14.9. The van der Waals surface area contributed by atoms with Gasteiger partial charge >= 0.3 is 0 Å². The van der Waals surface area contributed by atoms with Crippen LogP contribution in [0.4, 0.5) is 8.78 Å². The predicted octanol–water partition coefficient (Wildman–Crippen LogP) is 13.2.